The number of urea groups is 1. The van der Waals surface area contributed by atoms with Crippen molar-refractivity contribution in [2.24, 2.45) is 5.92 Å². The molecule has 0 aromatic heterocycles. The highest BCUT2D eigenvalue weighted by Crippen LogP contribution is 2.21. The fraction of sp³-hybridized carbons (Fsp3) is 0.818. The number of aliphatic hydroxyl groups is 1. The third kappa shape index (κ3) is 3.59. The van der Waals surface area contributed by atoms with Crippen molar-refractivity contribution in [3.63, 3.8) is 0 Å². The number of piperidine rings is 1. The maximum Gasteiger partial charge on any atom is 0.328 e. The second-order valence-corrected chi connectivity index (χ2v) is 4.71. The van der Waals surface area contributed by atoms with Crippen LogP contribution >= 0.6 is 0 Å². The lowest BCUT2D eigenvalue weighted by molar-refractivity contribution is -0.140. The van der Waals surface area contributed by atoms with Crippen LogP contribution in [-0.4, -0.2) is 52.3 Å². The minimum absolute atomic E-state index is 0.110. The van der Waals surface area contributed by atoms with E-state index in [2.05, 4.69) is 12.2 Å². The summed E-state index contributed by atoms with van der Waals surface area (Å²) in [5, 5.41) is 19.9. The van der Waals surface area contributed by atoms with Gasteiger partial charge < -0.3 is 20.4 Å². The maximum absolute atomic E-state index is 11.9. The van der Waals surface area contributed by atoms with E-state index in [0.717, 1.165) is 12.8 Å². The molecule has 3 unspecified atom stereocenters. The molecular formula is C11H20N2O4. The van der Waals surface area contributed by atoms with E-state index in [1.807, 2.05) is 6.92 Å². The molecule has 1 aliphatic rings. The average molecular weight is 244 g/mol. The van der Waals surface area contributed by atoms with Crippen LogP contribution in [0.3, 0.4) is 0 Å². The van der Waals surface area contributed by atoms with Crippen molar-refractivity contribution in [3.8, 4) is 0 Å². The SMILES string of the molecule is CC1CCC(C)N(C(=O)NC(CO)C(=O)O)C1. The fourth-order valence-electron chi connectivity index (χ4n) is 1.99. The third-order valence-electron chi connectivity index (χ3n) is 3.16. The number of aliphatic hydroxyl groups excluding tert-OH is 1. The van der Waals surface area contributed by atoms with Crippen molar-refractivity contribution in [1.82, 2.24) is 10.2 Å². The summed E-state index contributed by atoms with van der Waals surface area (Å²) in [6.45, 7) is 4.04. The van der Waals surface area contributed by atoms with Gasteiger partial charge in [0.25, 0.3) is 0 Å². The summed E-state index contributed by atoms with van der Waals surface area (Å²) < 4.78 is 0. The largest absolute Gasteiger partial charge is 0.480 e. The molecule has 2 amide bonds. The van der Waals surface area contributed by atoms with E-state index >= 15 is 0 Å². The molecule has 1 rings (SSSR count). The Morgan fingerprint density at radius 2 is 2.06 bits per heavy atom. The predicted octanol–water partition coefficient (Wildman–Crippen LogP) is 0.262. The molecule has 98 valence electrons. The van der Waals surface area contributed by atoms with Gasteiger partial charge in [-0.1, -0.05) is 6.92 Å². The van der Waals surface area contributed by atoms with E-state index in [1.54, 1.807) is 4.90 Å². The minimum Gasteiger partial charge on any atom is -0.480 e. The van der Waals surface area contributed by atoms with Gasteiger partial charge in [-0.05, 0) is 25.7 Å². The molecule has 0 aromatic rings. The first-order valence-electron chi connectivity index (χ1n) is 5.86. The van der Waals surface area contributed by atoms with Gasteiger partial charge in [-0.2, -0.15) is 0 Å². The van der Waals surface area contributed by atoms with Crippen LogP contribution in [0.5, 0.6) is 0 Å². The highest BCUT2D eigenvalue weighted by molar-refractivity contribution is 5.82. The first-order valence-corrected chi connectivity index (χ1v) is 5.86. The molecule has 1 saturated heterocycles. The zero-order valence-electron chi connectivity index (χ0n) is 10.2. The number of carbonyl (C=O) groups excluding carboxylic acids is 1. The van der Waals surface area contributed by atoms with Gasteiger partial charge in [0.05, 0.1) is 6.61 Å². The molecule has 1 aliphatic heterocycles. The summed E-state index contributed by atoms with van der Waals surface area (Å²) in [5.74, 6) is -0.798. The number of nitrogens with one attached hydrogen (secondary N) is 1. The quantitative estimate of drug-likeness (QED) is 0.664. The average Bonchev–Trinajstić information content (AvgIpc) is 2.28. The summed E-state index contributed by atoms with van der Waals surface area (Å²) in [5.41, 5.74) is 0. The van der Waals surface area contributed by atoms with Crippen LogP contribution in [0.25, 0.3) is 0 Å². The van der Waals surface area contributed by atoms with Gasteiger partial charge in [0.2, 0.25) is 0 Å². The van der Waals surface area contributed by atoms with Crippen molar-refractivity contribution < 1.29 is 19.8 Å². The zero-order valence-corrected chi connectivity index (χ0v) is 10.2. The van der Waals surface area contributed by atoms with Gasteiger partial charge in [0.15, 0.2) is 6.04 Å². The van der Waals surface area contributed by atoms with Crippen molar-refractivity contribution in [2.75, 3.05) is 13.2 Å². The normalized spacial score (nSPS) is 26.4. The molecule has 0 aromatic carbocycles. The van der Waals surface area contributed by atoms with Gasteiger partial charge >= 0.3 is 12.0 Å². The molecule has 0 saturated carbocycles. The number of hydrogen-bond donors (Lipinski definition) is 3. The monoisotopic (exact) mass is 244 g/mol. The highest BCUT2D eigenvalue weighted by atomic mass is 16.4. The fourth-order valence-corrected chi connectivity index (χ4v) is 1.99. The van der Waals surface area contributed by atoms with Gasteiger partial charge in [-0.25, -0.2) is 9.59 Å². The zero-order chi connectivity index (χ0) is 13.0. The van der Waals surface area contributed by atoms with Gasteiger partial charge in [-0.15, -0.1) is 0 Å². The molecule has 6 nitrogen and oxygen atoms in total. The smallest absolute Gasteiger partial charge is 0.328 e. The minimum atomic E-state index is -1.23. The highest BCUT2D eigenvalue weighted by Gasteiger charge is 2.29. The Labute approximate surface area is 101 Å². The second kappa shape index (κ2) is 5.86. The molecule has 0 spiro atoms. The predicted molar refractivity (Wildman–Crippen MR) is 61.6 cm³/mol. The molecule has 0 aliphatic carbocycles. The number of aliphatic carboxylic acids is 1. The van der Waals surface area contributed by atoms with Crippen LogP contribution in [0.2, 0.25) is 0 Å². The third-order valence-corrected chi connectivity index (χ3v) is 3.16. The number of carbonyl (C=O) groups is 2. The number of carboxylic acid groups (broad SMARTS) is 1. The number of rotatable bonds is 3. The molecule has 3 N–H and O–H groups in total. The Morgan fingerprint density at radius 3 is 2.59 bits per heavy atom. The van der Waals surface area contributed by atoms with Crippen molar-refractivity contribution in [1.29, 1.82) is 0 Å². The van der Waals surface area contributed by atoms with Gasteiger partial charge in [0.1, 0.15) is 0 Å². The van der Waals surface area contributed by atoms with Crippen LogP contribution in [-0.2, 0) is 4.79 Å². The molecule has 6 heteroatoms. The number of hydrogen-bond acceptors (Lipinski definition) is 3. The molecule has 17 heavy (non-hydrogen) atoms. The molecular weight excluding hydrogens is 224 g/mol. The van der Waals surface area contributed by atoms with E-state index in [0.29, 0.717) is 12.5 Å². The lowest BCUT2D eigenvalue weighted by Gasteiger charge is -2.37. The number of nitrogens with zero attached hydrogens (tertiary/aromatic N) is 1. The Balaban J connectivity index is 2.59. The second-order valence-electron chi connectivity index (χ2n) is 4.71. The summed E-state index contributed by atoms with van der Waals surface area (Å²) in [7, 11) is 0. The van der Waals surface area contributed by atoms with Crippen molar-refractivity contribution in [3.05, 3.63) is 0 Å². The maximum atomic E-state index is 11.9. The molecule has 1 heterocycles. The molecule has 3 atom stereocenters. The Hall–Kier alpha value is -1.30. The number of amides is 2. The van der Waals surface area contributed by atoms with E-state index in [1.165, 1.54) is 0 Å². The standard InChI is InChI=1S/C11H20N2O4/c1-7-3-4-8(2)13(5-7)11(17)12-9(6-14)10(15)16/h7-9,14H,3-6H2,1-2H3,(H,12,17)(H,15,16). The van der Waals surface area contributed by atoms with E-state index in [9.17, 15) is 9.59 Å². The first kappa shape index (κ1) is 13.8. The number of carboxylic acids is 1. The van der Waals surface area contributed by atoms with E-state index in [4.69, 9.17) is 10.2 Å². The Morgan fingerprint density at radius 1 is 1.41 bits per heavy atom. The summed E-state index contributed by atoms with van der Waals surface area (Å²) in [4.78, 5) is 24.2. The molecule has 1 fully saturated rings. The molecule has 0 bridgehead atoms. The van der Waals surface area contributed by atoms with Crippen LogP contribution < -0.4 is 5.32 Å². The van der Waals surface area contributed by atoms with Crippen molar-refractivity contribution >= 4 is 12.0 Å². The van der Waals surface area contributed by atoms with Gasteiger partial charge in [-0.3, -0.25) is 0 Å². The van der Waals surface area contributed by atoms with E-state index in [-0.39, 0.29) is 6.04 Å². The lowest BCUT2D eigenvalue weighted by atomic mass is 9.95. The summed E-state index contributed by atoms with van der Waals surface area (Å²) >= 11 is 0. The van der Waals surface area contributed by atoms with Crippen LogP contribution in [0.1, 0.15) is 26.7 Å². The van der Waals surface area contributed by atoms with Crippen LogP contribution in [0.15, 0.2) is 0 Å². The van der Waals surface area contributed by atoms with Gasteiger partial charge in [0, 0.05) is 12.6 Å². The Bertz CT molecular complexity index is 295. The summed E-state index contributed by atoms with van der Waals surface area (Å²) in [6.07, 6.45) is 2.00. The van der Waals surface area contributed by atoms with E-state index < -0.39 is 24.6 Å². The molecule has 0 radical (unpaired) electrons. The first-order chi connectivity index (χ1) is 7.95. The van der Waals surface area contributed by atoms with Crippen LogP contribution in [0.4, 0.5) is 4.79 Å². The summed E-state index contributed by atoms with van der Waals surface area (Å²) in [6, 6.07) is -1.53. The van der Waals surface area contributed by atoms with Crippen molar-refractivity contribution in [2.45, 2.75) is 38.8 Å². The number of likely N-dealkylation sites (tertiary alicyclic amines) is 1. The lowest BCUT2D eigenvalue weighted by Crippen LogP contribution is -2.54. The Kier molecular flexibility index (Phi) is 4.74. The topological polar surface area (TPSA) is 89.9 Å². The van der Waals surface area contributed by atoms with Crippen LogP contribution in [0, 0.1) is 5.92 Å².